The van der Waals surface area contributed by atoms with Crippen molar-refractivity contribution in [2.45, 2.75) is 59.7 Å². The fourth-order valence-electron chi connectivity index (χ4n) is 3.06. The van der Waals surface area contributed by atoms with Crippen molar-refractivity contribution in [3.8, 4) is 5.75 Å². The molecule has 0 spiro atoms. The molecule has 0 aromatic heterocycles. The SMILES string of the molecule is CCC(C)NC(=O)C(C)N(Cc1cccc(Br)c1)C(=O)COc1ccc(C)cc1C. The highest BCUT2D eigenvalue weighted by Gasteiger charge is 2.27. The molecule has 5 nitrogen and oxygen atoms in total. The van der Waals surface area contributed by atoms with Gasteiger partial charge in [-0.05, 0) is 63.4 Å². The number of nitrogens with zero attached hydrogens (tertiary/aromatic N) is 1. The highest BCUT2D eigenvalue weighted by atomic mass is 79.9. The fraction of sp³-hybridized carbons (Fsp3) is 0.417. The van der Waals surface area contributed by atoms with Crippen molar-refractivity contribution in [1.82, 2.24) is 10.2 Å². The summed E-state index contributed by atoms with van der Waals surface area (Å²) in [4.78, 5) is 27.4. The average Bonchev–Trinajstić information content (AvgIpc) is 2.70. The van der Waals surface area contributed by atoms with Gasteiger partial charge in [0.25, 0.3) is 5.91 Å². The van der Waals surface area contributed by atoms with Crippen molar-refractivity contribution in [2.75, 3.05) is 6.61 Å². The second kappa shape index (κ2) is 11.2. The summed E-state index contributed by atoms with van der Waals surface area (Å²) in [5.41, 5.74) is 3.05. The van der Waals surface area contributed by atoms with Crippen LogP contribution in [0.1, 0.15) is 43.9 Å². The van der Waals surface area contributed by atoms with Crippen LogP contribution >= 0.6 is 15.9 Å². The molecule has 1 N–H and O–H groups in total. The number of nitrogens with one attached hydrogen (secondary N) is 1. The zero-order chi connectivity index (χ0) is 22.3. The van der Waals surface area contributed by atoms with Crippen LogP contribution in [0.25, 0.3) is 0 Å². The van der Waals surface area contributed by atoms with E-state index in [-0.39, 0.29) is 24.5 Å². The van der Waals surface area contributed by atoms with Crippen LogP contribution in [-0.4, -0.2) is 35.4 Å². The predicted molar refractivity (Wildman–Crippen MR) is 123 cm³/mol. The molecule has 0 saturated carbocycles. The number of benzene rings is 2. The van der Waals surface area contributed by atoms with Crippen molar-refractivity contribution in [1.29, 1.82) is 0 Å². The highest BCUT2D eigenvalue weighted by molar-refractivity contribution is 9.10. The van der Waals surface area contributed by atoms with E-state index >= 15 is 0 Å². The Balaban J connectivity index is 2.18. The Bertz CT molecular complexity index is 885. The number of carbonyl (C=O) groups is 2. The molecule has 0 fully saturated rings. The number of halogens is 1. The molecule has 2 amide bonds. The van der Waals surface area contributed by atoms with E-state index in [2.05, 4.69) is 21.2 Å². The number of hydrogen-bond acceptors (Lipinski definition) is 3. The van der Waals surface area contributed by atoms with Crippen molar-refractivity contribution < 1.29 is 14.3 Å². The van der Waals surface area contributed by atoms with Gasteiger partial charge in [0.2, 0.25) is 5.91 Å². The number of hydrogen-bond donors (Lipinski definition) is 1. The monoisotopic (exact) mass is 474 g/mol. The molecule has 0 aliphatic carbocycles. The molecular weight excluding hydrogens is 444 g/mol. The Morgan fingerprint density at radius 2 is 1.87 bits per heavy atom. The number of carbonyl (C=O) groups excluding carboxylic acids is 2. The Hall–Kier alpha value is -2.34. The van der Waals surface area contributed by atoms with Crippen molar-refractivity contribution >= 4 is 27.7 Å². The highest BCUT2D eigenvalue weighted by Crippen LogP contribution is 2.20. The van der Waals surface area contributed by atoms with Crippen LogP contribution in [0.15, 0.2) is 46.9 Å². The standard InChI is InChI=1S/C24H31BrN2O3/c1-6-18(4)26-24(29)19(5)27(14-20-8-7-9-21(25)13-20)23(28)15-30-22-11-10-16(2)12-17(22)3/h7-13,18-19H,6,14-15H2,1-5H3,(H,26,29). The molecule has 0 heterocycles. The Morgan fingerprint density at radius 3 is 2.50 bits per heavy atom. The molecule has 0 aliphatic rings. The summed E-state index contributed by atoms with van der Waals surface area (Å²) in [6.45, 7) is 9.88. The molecule has 2 atom stereocenters. The van der Waals surface area contributed by atoms with Crippen LogP contribution in [-0.2, 0) is 16.1 Å². The van der Waals surface area contributed by atoms with Crippen LogP contribution < -0.4 is 10.1 Å². The van der Waals surface area contributed by atoms with Crippen molar-refractivity contribution in [2.24, 2.45) is 0 Å². The van der Waals surface area contributed by atoms with E-state index in [1.165, 1.54) is 0 Å². The Morgan fingerprint density at radius 1 is 1.13 bits per heavy atom. The van der Waals surface area contributed by atoms with E-state index in [9.17, 15) is 9.59 Å². The van der Waals surface area contributed by atoms with Gasteiger partial charge in [-0.2, -0.15) is 0 Å². The molecule has 2 rings (SSSR count). The van der Waals surface area contributed by atoms with Gasteiger partial charge in [-0.25, -0.2) is 0 Å². The second-order valence-electron chi connectivity index (χ2n) is 7.70. The van der Waals surface area contributed by atoms with Gasteiger partial charge >= 0.3 is 0 Å². The summed E-state index contributed by atoms with van der Waals surface area (Å²) in [5, 5.41) is 2.97. The van der Waals surface area contributed by atoms with Crippen LogP contribution in [0.5, 0.6) is 5.75 Å². The third kappa shape index (κ3) is 6.87. The number of rotatable bonds is 9. The normalized spacial score (nSPS) is 12.7. The van der Waals surface area contributed by atoms with Gasteiger partial charge in [0.05, 0.1) is 0 Å². The van der Waals surface area contributed by atoms with Crippen LogP contribution in [0.2, 0.25) is 0 Å². The molecule has 2 aromatic rings. The van der Waals surface area contributed by atoms with E-state index < -0.39 is 6.04 Å². The van der Waals surface area contributed by atoms with Crippen LogP contribution in [0.3, 0.4) is 0 Å². The van der Waals surface area contributed by atoms with E-state index in [1.54, 1.807) is 11.8 Å². The maximum atomic E-state index is 13.1. The van der Waals surface area contributed by atoms with Gasteiger partial charge in [-0.15, -0.1) is 0 Å². The first-order chi connectivity index (χ1) is 14.2. The smallest absolute Gasteiger partial charge is 0.261 e. The van der Waals surface area contributed by atoms with E-state index in [1.807, 2.05) is 70.2 Å². The first-order valence-corrected chi connectivity index (χ1v) is 11.0. The van der Waals surface area contributed by atoms with Gasteiger partial charge in [0.1, 0.15) is 11.8 Å². The topological polar surface area (TPSA) is 58.6 Å². The van der Waals surface area contributed by atoms with Crippen molar-refractivity contribution in [3.05, 3.63) is 63.6 Å². The first-order valence-electron chi connectivity index (χ1n) is 10.3. The number of aryl methyl sites for hydroxylation is 2. The van der Waals surface area contributed by atoms with Crippen LogP contribution in [0, 0.1) is 13.8 Å². The minimum Gasteiger partial charge on any atom is -0.483 e. The zero-order valence-electron chi connectivity index (χ0n) is 18.4. The van der Waals surface area contributed by atoms with Gasteiger partial charge in [0.15, 0.2) is 6.61 Å². The molecule has 0 radical (unpaired) electrons. The zero-order valence-corrected chi connectivity index (χ0v) is 20.0. The molecule has 2 unspecified atom stereocenters. The summed E-state index contributed by atoms with van der Waals surface area (Å²) in [7, 11) is 0. The fourth-order valence-corrected chi connectivity index (χ4v) is 3.51. The maximum Gasteiger partial charge on any atom is 0.261 e. The van der Waals surface area contributed by atoms with Gasteiger partial charge in [0, 0.05) is 17.1 Å². The second-order valence-corrected chi connectivity index (χ2v) is 8.62. The maximum absolute atomic E-state index is 13.1. The lowest BCUT2D eigenvalue weighted by Crippen LogP contribution is -2.50. The lowest BCUT2D eigenvalue weighted by atomic mass is 10.1. The third-order valence-corrected chi connectivity index (χ3v) is 5.59. The molecule has 0 aliphatic heterocycles. The van der Waals surface area contributed by atoms with Gasteiger partial charge in [-0.1, -0.05) is 52.7 Å². The largest absolute Gasteiger partial charge is 0.483 e. The van der Waals surface area contributed by atoms with Gasteiger partial charge in [-0.3, -0.25) is 9.59 Å². The lowest BCUT2D eigenvalue weighted by Gasteiger charge is -2.29. The Labute approximate surface area is 187 Å². The summed E-state index contributed by atoms with van der Waals surface area (Å²) in [5.74, 6) is 0.272. The molecule has 0 bridgehead atoms. The summed E-state index contributed by atoms with van der Waals surface area (Å²) >= 11 is 3.46. The molecule has 2 aromatic carbocycles. The van der Waals surface area contributed by atoms with E-state index in [4.69, 9.17) is 4.74 Å². The minimum absolute atomic E-state index is 0.0502. The summed E-state index contributed by atoms with van der Waals surface area (Å²) in [6.07, 6.45) is 0.827. The summed E-state index contributed by atoms with van der Waals surface area (Å²) in [6, 6.07) is 13.0. The number of ether oxygens (including phenoxy) is 1. The lowest BCUT2D eigenvalue weighted by molar-refractivity contribution is -0.142. The molecule has 0 saturated heterocycles. The number of amides is 2. The first kappa shape index (κ1) is 23.9. The average molecular weight is 475 g/mol. The quantitative estimate of drug-likeness (QED) is 0.568. The van der Waals surface area contributed by atoms with Crippen molar-refractivity contribution in [3.63, 3.8) is 0 Å². The van der Waals surface area contributed by atoms with E-state index in [0.29, 0.717) is 12.3 Å². The third-order valence-electron chi connectivity index (χ3n) is 5.09. The minimum atomic E-state index is -0.617. The summed E-state index contributed by atoms with van der Waals surface area (Å²) < 4.78 is 6.72. The predicted octanol–water partition coefficient (Wildman–Crippen LogP) is 4.78. The molecule has 162 valence electrons. The van der Waals surface area contributed by atoms with Gasteiger partial charge < -0.3 is 15.0 Å². The molecule has 6 heteroatoms. The molecule has 30 heavy (non-hydrogen) atoms. The molecular formula is C24H31BrN2O3. The van der Waals surface area contributed by atoms with Crippen LogP contribution in [0.4, 0.5) is 0 Å². The van der Waals surface area contributed by atoms with E-state index in [0.717, 1.165) is 27.6 Å². The Kier molecular flexibility index (Phi) is 8.90.